The maximum Gasteiger partial charge on any atom is 0.244 e. The fourth-order valence-electron chi connectivity index (χ4n) is 1.75. The molecule has 0 aromatic heterocycles. The Kier molecular flexibility index (Phi) is 6.30. The summed E-state index contributed by atoms with van der Waals surface area (Å²) in [6.07, 6.45) is 3.48. The van der Waals surface area contributed by atoms with Crippen molar-refractivity contribution in [2.24, 2.45) is 5.92 Å². The maximum atomic E-state index is 11.6. The predicted molar refractivity (Wildman–Crippen MR) is 78.7 cm³/mol. The molecular weight excluding hydrogens is 238 g/mol. The lowest BCUT2D eigenvalue weighted by atomic mass is 10.1. The first kappa shape index (κ1) is 15.4. The Balaban J connectivity index is 2.36. The smallest absolute Gasteiger partial charge is 0.244 e. The Morgan fingerprint density at radius 2 is 1.95 bits per heavy atom. The number of aryl methyl sites for hydroxylation is 1. The first-order valence-corrected chi connectivity index (χ1v) is 6.68. The third-order valence-corrected chi connectivity index (χ3v) is 2.76. The molecule has 0 radical (unpaired) electrons. The van der Waals surface area contributed by atoms with Gasteiger partial charge in [-0.2, -0.15) is 0 Å². The SMILES string of the molecule is Cc1ccc(/C=C/C(=O)NCC(O)CC(C)C)cc1. The molecule has 1 aromatic carbocycles. The number of hydrogen-bond donors (Lipinski definition) is 2. The van der Waals surface area contributed by atoms with E-state index in [1.807, 2.05) is 45.0 Å². The van der Waals surface area contributed by atoms with Crippen LogP contribution in [0, 0.1) is 12.8 Å². The Hall–Kier alpha value is -1.61. The van der Waals surface area contributed by atoms with E-state index in [0.717, 1.165) is 5.56 Å². The van der Waals surface area contributed by atoms with E-state index in [9.17, 15) is 9.90 Å². The fourth-order valence-corrected chi connectivity index (χ4v) is 1.75. The van der Waals surface area contributed by atoms with Crippen LogP contribution < -0.4 is 5.32 Å². The molecule has 0 fully saturated rings. The molecule has 0 saturated carbocycles. The van der Waals surface area contributed by atoms with Gasteiger partial charge in [-0.1, -0.05) is 43.7 Å². The quantitative estimate of drug-likeness (QED) is 0.773. The van der Waals surface area contributed by atoms with Gasteiger partial charge in [0.25, 0.3) is 0 Å². The molecule has 0 aliphatic rings. The molecule has 1 atom stereocenters. The average Bonchev–Trinajstić information content (AvgIpc) is 2.35. The number of carbonyl (C=O) groups excluding carboxylic acids is 1. The molecule has 1 aromatic rings. The van der Waals surface area contributed by atoms with Gasteiger partial charge in [0.2, 0.25) is 5.91 Å². The summed E-state index contributed by atoms with van der Waals surface area (Å²) in [4.78, 5) is 11.6. The highest BCUT2D eigenvalue weighted by Crippen LogP contribution is 2.05. The van der Waals surface area contributed by atoms with Gasteiger partial charge >= 0.3 is 0 Å². The number of amides is 1. The lowest BCUT2D eigenvalue weighted by Gasteiger charge is -2.12. The molecule has 0 spiro atoms. The van der Waals surface area contributed by atoms with Crippen molar-refractivity contribution in [3.8, 4) is 0 Å². The van der Waals surface area contributed by atoms with Crippen molar-refractivity contribution in [1.29, 1.82) is 0 Å². The van der Waals surface area contributed by atoms with E-state index in [0.29, 0.717) is 18.9 Å². The van der Waals surface area contributed by atoms with Crippen LogP contribution in [0.2, 0.25) is 0 Å². The molecule has 2 N–H and O–H groups in total. The van der Waals surface area contributed by atoms with Crippen LogP contribution in [0.15, 0.2) is 30.3 Å². The Bertz CT molecular complexity index is 421. The lowest BCUT2D eigenvalue weighted by molar-refractivity contribution is -0.116. The molecule has 1 rings (SSSR count). The first-order valence-electron chi connectivity index (χ1n) is 6.68. The number of benzene rings is 1. The summed E-state index contributed by atoms with van der Waals surface area (Å²) in [6.45, 7) is 6.41. The second kappa shape index (κ2) is 7.74. The summed E-state index contributed by atoms with van der Waals surface area (Å²) in [7, 11) is 0. The number of aliphatic hydroxyl groups excluding tert-OH is 1. The lowest BCUT2D eigenvalue weighted by Crippen LogP contribution is -2.31. The zero-order valence-electron chi connectivity index (χ0n) is 11.9. The number of carbonyl (C=O) groups is 1. The van der Waals surface area contributed by atoms with Gasteiger partial charge in [-0.25, -0.2) is 0 Å². The Morgan fingerprint density at radius 3 is 2.53 bits per heavy atom. The summed E-state index contributed by atoms with van der Waals surface area (Å²) in [6, 6.07) is 7.94. The van der Waals surface area contributed by atoms with Gasteiger partial charge in [0.05, 0.1) is 6.10 Å². The zero-order valence-corrected chi connectivity index (χ0v) is 11.9. The van der Waals surface area contributed by atoms with Crippen LogP contribution in [-0.2, 0) is 4.79 Å². The molecule has 3 nitrogen and oxygen atoms in total. The highest BCUT2D eigenvalue weighted by Gasteiger charge is 2.07. The van der Waals surface area contributed by atoms with Gasteiger partial charge in [0.15, 0.2) is 0 Å². The summed E-state index contributed by atoms with van der Waals surface area (Å²) in [5, 5.41) is 12.3. The molecule has 104 valence electrons. The predicted octanol–water partition coefficient (Wildman–Crippen LogP) is 2.53. The van der Waals surface area contributed by atoms with E-state index in [1.54, 1.807) is 6.08 Å². The van der Waals surface area contributed by atoms with Crippen LogP contribution in [0.1, 0.15) is 31.4 Å². The minimum atomic E-state index is -0.475. The monoisotopic (exact) mass is 261 g/mol. The van der Waals surface area contributed by atoms with Crippen LogP contribution in [0.4, 0.5) is 0 Å². The van der Waals surface area contributed by atoms with Gasteiger partial charge < -0.3 is 10.4 Å². The molecule has 0 bridgehead atoms. The molecule has 3 heteroatoms. The summed E-state index contributed by atoms with van der Waals surface area (Å²) in [5.74, 6) is 0.249. The van der Waals surface area contributed by atoms with Crippen molar-refractivity contribution in [2.45, 2.75) is 33.3 Å². The molecule has 19 heavy (non-hydrogen) atoms. The third-order valence-electron chi connectivity index (χ3n) is 2.76. The first-order chi connectivity index (χ1) is 8.97. The van der Waals surface area contributed by atoms with Gasteiger partial charge in [-0.15, -0.1) is 0 Å². The largest absolute Gasteiger partial charge is 0.391 e. The minimum Gasteiger partial charge on any atom is -0.391 e. The molecular formula is C16H23NO2. The van der Waals surface area contributed by atoms with Crippen LogP contribution >= 0.6 is 0 Å². The van der Waals surface area contributed by atoms with Gasteiger partial charge in [0.1, 0.15) is 0 Å². The van der Waals surface area contributed by atoms with E-state index in [4.69, 9.17) is 0 Å². The number of nitrogens with one attached hydrogen (secondary N) is 1. The van der Waals surface area contributed by atoms with Crippen LogP contribution in [0.5, 0.6) is 0 Å². The van der Waals surface area contributed by atoms with E-state index in [-0.39, 0.29) is 5.91 Å². The Morgan fingerprint density at radius 1 is 1.32 bits per heavy atom. The normalized spacial score (nSPS) is 12.9. The highest BCUT2D eigenvalue weighted by molar-refractivity contribution is 5.91. The standard InChI is InChI=1S/C16H23NO2/c1-12(2)10-15(18)11-17-16(19)9-8-14-6-4-13(3)5-7-14/h4-9,12,15,18H,10-11H2,1-3H3,(H,17,19)/b9-8+. The molecule has 0 aliphatic heterocycles. The number of hydrogen-bond acceptors (Lipinski definition) is 2. The molecule has 0 heterocycles. The topological polar surface area (TPSA) is 49.3 Å². The van der Waals surface area contributed by atoms with Crippen molar-refractivity contribution in [3.05, 3.63) is 41.5 Å². The van der Waals surface area contributed by atoms with Gasteiger partial charge in [-0.05, 0) is 30.9 Å². The zero-order chi connectivity index (χ0) is 14.3. The average molecular weight is 261 g/mol. The van der Waals surface area contributed by atoms with Crippen molar-refractivity contribution in [1.82, 2.24) is 5.32 Å². The second-order valence-corrected chi connectivity index (χ2v) is 5.27. The van der Waals surface area contributed by atoms with Crippen molar-refractivity contribution in [3.63, 3.8) is 0 Å². The number of rotatable bonds is 6. The molecule has 0 saturated heterocycles. The molecule has 1 amide bonds. The van der Waals surface area contributed by atoms with Crippen molar-refractivity contribution < 1.29 is 9.90 Å². The summed E-state index contributed by atoms with van der Waals surface area (Å²) in [5.41, 5.74) is 2.18. The van der Waals surface area contributed by atoms with Crippen LogP contribution in [0.3, 0.4) is 0 Å². The van der Waals surface area contributed by atoms with Crippen molar-refractivity contribution in [2.75, 3.05) is 6.54 Å². The fraction of sp³-hybridized carbons (Fsp3) is 0.438. The second-order valence-electron chi connectivity index (χ2n) is 5.27. The van der Waals surface area contributed by atoms with Gasteiger partial charge in [-0.3, -0.25) is 4.79 Å². The van der Waals surface area contributed by atoms with E-state index < -0.39 is 6.10 Å². The Labute approximate surface area is 115 Å². The summed E-state index contributed by atoms with van der Waals surface area (Å²) >= 11 is 0. The number of aliphatic hydroxyl groups is 1. The summed E-state index contributed by atoms with van der Waals surface area (Å²) < 4.78 is 0. The van der Waals surface area contributed by atoms with Crippen LogP contribution in [-0.4, -0.2) is 23.7 Å². The van der Waals surface area contributed by atoms with E-state index >= 15 is 0 Å². The highest BCUT2D eigenvalue weighted by atomic mass is 16.3. The third kappa shape index (κ3) is 6.77. The van der Waals surface area contributed by atoms with E-state index in [1.165, 1.54) is 11.6 Å². The maximum absolute atomic E-state index is 11.6. The minimum absolute atomic E-state index is 0.177. The van der Waals surface area contributed by atoms with Crippen LogP contribution in [0.25, 0.3) is 6.08 Å². The molecule has 1 unspecified atom stereocenters. The van der Waals surface area contributed by atoms with Gasteiger partial charge in [0, 0.05) is 12.6 Å². The molecule has 0 aliphatic carbocycles. The van der Waals surface area contributed by atoms with Crippen molar-refractivity contribution >= 4 is 12.0 Å². The van der Waals surface area contributed by atoms with E-state index in [2.05, 4.69) is 5.32 Å².